The van der Waals surface area contributed by atoms with Gasteiger partial charge in [0.25, 0.3) is 0 Å². The zero-order valence-corrected chi connectivity index (χ0v) is 13.5. The minimum atomic E-state index is -1.63. The van der Waals surface area contributed by atoms with E-state index in [-0.39, 0.29) is 12.6 Å². The fourth-order valence-corrected chi connectivity index (χ4v) is 1.56. The summed E-state index contributed by atoms with van der Waals surface area (Å²) in [6.45, 7) is 5.82. The van der Waals surface area contributed by atoms with Crippen LogP contribution >= 0.6 is 0 Å². The van der Waals surface area contributed by atoms with E-state index < -0.39 is 29.0 Å². The monoisotopic (exact) mass is 330 g/mol. The van der Waals surface area contributed by atoms with Gasteiger partial charge < -0.3 is 16.0 Å². The Morgan fingerprint density at radius 3 is 2.39 bits per heavy atom. The van der Waals surface area contributed by atoms with Crippen LogP contribution in [0.5, 0.6) is 0 Å². The van der Waals surface area contributed by atoms with Gasteiger partial charge in [-0.1, -0.05) is 13.8 Å². The number of anilines is 1. The van der Waals surface area contributed by atoms with Crippen LogP contribution in [0, 0.1) is 23.4 Å². The topological polar surface area (TPSA) is 65.5 Å². The van der Waals surface area contributed by atoms with Gasteiger partial charge in [-0.25, -0.2) is 13.2 Å². The number of amides is 1. The van der Waals surface area contributed by atoms with Crippen LogP contribution in [0.4, 0.5) is 18.9 Å². The average molecular weight is 330 g/mol. The molecule has 1 aromatic rings. The molecule has 0 aliphatic rings. The first-order chi connectivity index (χ1) is 10.8. The van der Waals surface area contributed by atoms with E-state index in [1.807, 2.05) is 20.8 Å². The molecule has 0 aliphatic carbocycles. The third kappa shape index (κ3) is 5.46. The molecule has 1 unspecified atom stereocenters. The molecule has 0 fully saturated rings. The smallest absolute Gasteiger partial charge is 0.243 e. The summed E-state index contributed by atoms with van der Waals surface area (Å²) in [4.78, 5) is 15.7. The quantitative estimate of drug-likeness (QED) is 0.441. The maximum absolute atomic E-state index is 13.5. The number of carbonyl (C=O) groups excluding carboxylic acids is 1. The molecule has 1 atom stereocenters. The van der Waals surface area contributed by atoms with Gasteiger partial charge in [0, 0.05) is 13.1 Å². The maximum Gasteiger partial charge on any atom is 0.243 e. The zero-order valence-electron chi connectivity index (χ0n) is 13.5. The van der Waals surface area contributed by atoms with E-state index in [9.17, 15) is 18.0 Å². The van der Waals surface area contributed by atoms with Crippen LogP contribution in [0.1, 0.15) is 20.8 Å². The van der Waals surface area contributed by atoms with Crippen LogP contribution in [0.15, 0.2) is 17.1 Å². The van der Waals surface area contributed by atoms with Crippen LogP contribution in [0.2, 0.25) is 0 Å². The van der Waals surface area contributed by atoms with Gasteiger partial charge in [0.15, 0.2) is 23.4 Å². The van der Waals surface area contributed by atoms with Gasteiger partial charge in [0.05, 0.1) is 12.2 Å². The first-order valence-corrected chi connectivity index (χ1v) is 7.16. The normalized spacial score (nSPS) is 13.0. The second-order valence-corrected chi connectivity index (χ2v) is 5.37. The minimum absolute atomic E-state index is 0.132. The predicted octanol–water partition coefficient (Wildman–Crippen LogP) is 2.25. The van der Waals surface area contributed by atoms with E-state index in [4.69, 9.17) is 0 Å². The lowest BCUT2D eigenvalue weighted by Crippen LogP contribution is -2.46. The third-order valence-corrected chi connectivity index (χ3v) is 3.31. The second-order valence-electron chi connectivity index (χ2n) is 5.37. The van der Waals surface area contributed by atoms with E-state index in [0.29, 0.717) is 11.9 Å². The number of aliphatic imine (C=N–C) groups is 1. The van der Waals surface area contributed by atoms with E-state index in [2.05, 4.69) is 20.9 Å². The van der Waals surface area contributed by atoms with Crippen molar-refractivity contribution in [3.05, 3.63) is 29.6 Å². The zero-order chi connectivity index (χ0) is 17.6. The molecule has 0 heterocycles. The van der Waals surface area contributed by atoms with Crippen molar-refractivity contribution in [3.63, 3.8) is 0 Å². The summed E-state index contributed by atoms with van der Waals surface area (Å²) in [5.74, 6) is -4.22. The fourth-order valence-electron chi connectivity index (χ4n) is 1.56. The van der Waals surface area contributed by atoms with Gasteiger partial charge in [0.1, 0.15) is 0 Å². The van der Waals surface area contributed by atoms with Crippen molar-refractivity contribution in [3.8, 4) is 0 Å². The summed E-state index contributed by atoms with van der Waals surface area (Å²) in [7, 11) is 1.55. The van der Waals surface area contributed by atoms with Gasteiger partial charge in [-0.05, 0) is 25.0 Å². The Labute approximate surface area is 133 Å². The molecule has 3 N–H and O–H groups in total. The summed E-state index contributed by atoms with van der Waals surface area (Å²) in [5.41, 5.74) is -0.422. The molecule has 0 bridgehead atoms. The molecule has 0 aromatic heterocycles. The molecular formula is C15H21F3N4O. The highest BCUT2D eigenvalue weighted by atomic mass is 19.2. The van der Waals surface area contributed by atoms with Crippen molar-refractivity contribution in [2.45, 2.75) is 26.8 Å². The van der Waals surface area contributed by atoms with Crippen LogP contribution < -0.4 is 16.0 Å². The van der Waals surface area contributed by atoms with Crippen LogP contribution in [0.3, 0.4) is 0 Å². The number of carbonyl (C=O) groups is 1. The van der Waals surface area contributed by atoms with Crippen molar-refractivity contribution < 1.29 is 18.0 Å². The fraction of sp³-hybridized carbons (Fsp3) is 0.467. The van der Waals surface area contributed by atoms with E-state index in [1.54, 1.807) is 7.05 Å². The Kier molecular flexibility index (Phi) is 6.87. The van der Waals surface area contributed by atoms with Crippen LogP contribution in [-0.2, 0) is 4.79 Å². The predicted molar refractivity (Wildman–Crippen MR) is 83.7 cm³/mol. The molecule has 0 radical (unpaired) electrons. The highest BCUT2D eigenvalue weighted by molar-refractivity contribution is 5.95. The lowest BCUT2D eigenvalue weighted by Gasteiger charge is -2.20. The summed E-state index contributed by atoms with van der Waals surface area (Å²) in [6, 6.07) is 1.83. The Morgan fingerprint density at radius 1 is 1.17 bits per heavy atom. The molecule has 0 aliphatic heterocycles. The van der Waals surface area contributed by atoms with Gasteiger partial charge in [-0.15, -0.1) is 0 Å². The van der Waals surface area contributed by atoms with Crippen LogP contribution in [0.25, 0.3) is 0 Å². The van der Waals surface area contributed by atoms with Crippen molar-refractivity contribution in [1.82, 2.24) is 10.6 Å². The summed E-state index contributed by atoms with van der Waals surface area (Å²) in [5, 5.41) is 8.01. The van der Waals surface area contributed by atoms with Gasteiger partial charge in [0.2, 0.25) is 5.91 Å². The molecule has 0 saturated carbocycles. The van der Waals surface area contributed by atoms with E-state index in [1.165, 1.54) is 0 Å². The van der Waals surface area contributed by atoms with Gasteiger partial charge in [-0.2, -0.15) is 0 Å². The molecule has 1 rings (SSSR count). The number of benzene rings is 1. The molecule has 8 heteroatoms. The van der Waals surface area contributed by atoms with Crippen molar-refractivity contribution in [2.24, 2.45) is 10.9 Å². The standard InChI is InChI=1S/C15H21F3N4O/c1-8(2)9(3)21-15(19-4)20-7-12(23)22-11-6-5-10(16)13(17)14(11)18/h5-6,8-9H,7H2,1-4H3,(H,22,23)(H2,19,20,21). The van der Waals surface area contributed by atoms with Gasteiger partial charge >= 0.3 is 0 Å². The first-order valence-electron chi connectivity index (χ1n) is 7.16. The van der Waals surface area contributed by atoms with Crippen molar-refractivity contribution in [1.29, 1.82) is 0 Å². The van der Waals surface area contributed by atoms with Crippen LogP contribution in [-0.4, -0.2) is 31.5 Å². The number of guanidine groups is 1. The molecule has 1 aromatic carbocycles. The molecule has 5 nitrogen and oxygen atoms in total. The lowest BCUT2D eigenvalue weighted by atomic mass is 10.1. The van der Waals surface area contributed by atoms with E-state index in [0.717, 1.165) is 12.1 Å². The molecule has 0 spiro atoms. The largest absolute Gasteiger partial charge is 0.354 e. The molecule has 23 heavy (non-hydrogen) atoms. The average Bonchev–Trinajstić information content (AvgIpc) is 2.51. The Hall–Kier alpha value is -2.25. The summed E-state index contributed by atoms with van der Waals surface area (Å²) >= 11 is 0. The Bertz CT molecular complexity index is 590. The molecular weight excluding hydrogens is 309 g/mol. The van der Waals surface area contributed by atoms with E-state index >= 15 is 0 Å². The lowest BCUT2D eigenvalue weighted by molar-refractivity contribution is -0.115. The number of hydrogen-bond acceptors (Lipinski definition) is 2. The van der Waals surface area contributed by atoms with Crippen molar-refractivity contribution in [2.75, 3.05) is 18.9 Å². The van der Waals surface area contributed by atoms with Gasteiger partial charge in [-0.3, -0.25) is 9.79 Å². The number of halogens is 3. The Balaban J connectivity index is 2.59. The van der Waals surface area contributed by atoms with Crippen molar-refractivity contribution >= 4 is 17.6 Å². The second kappa shape index (κ2) is 8.40. The minimum Gasteiger partial charge on any atom is -0.354 e. The number of rotatable bonds is 5. The third-order valence-electron chi connectivity index (χ3n) is 3.31. The highest BCUT2D eigenvalue weighted by Crippen LogP contribution is 2.19. The summed E-state index contributed by atoms with van der Waals surface area (Å²) < 4.78 is 39.4. The molecule has 0 saturated heterocycles. The first kappa shape index (κ1) is 18.8. The maximum atomic E-state index is 13.5. The highest BCUT2D eigenvalue weighted by Gasteiger charge is 2.15. The SMILES string of the molecule is CN=C(NCC(=O)Nc1ccc(F)c(F)c1F)NC(C)C(C)C. The number of nitrogens with zero attached hydrogens (tertiary/aromatic N) is 1. The Morgan fingerprint density at radius 2 is 1.83 bits per heavy atom. The molecule has 1 amide bonds. The number of hydrogen-bond donors (Lipinski definition) is 3. The molecule has 128 valence electrons. The number of nitrogens with one attached hydrogen (secondary N) is 3. The summed E-state index contributed by atoms with van der Waals surface area (Å²) in [6.07, 6.45) is 0.